The highest BCUT2D eigenvalue weighted by Gasteiger charge is 2.16. The first kappa shape index (κ1) is 13.1. The Labute approximate surface area is 113 Å². The van der Waals surface area contributed by atoms with E-state index in [-0.39, 0.29) is 6.04 Å². The molecule has 18 heavy (non-hydrogen) atoms. The number of nitrogens with zero attached hydrogens (tertiary/aromatic N) is 2. The Bertz CT molecular complexity index is 534. The van der Waals surface area contributed by atoms with Crippen LogP contribution in [-0.2, 0) is 7.05 Å². The molecule has 2 aromatic rings. The van der Waals surface area contributed by atoms with E-state index in [9.17, 15) is 0 Å². The summed E-state index contributed by atoms with van der Waals surface area (Å²) in [5, 5.41) is 8.49. The van der Waals surface area contributed by atoms with Crippen LogP contribution in [0.2, 0.25) is 5.02 Å². The summed E-state index contributed by atoms with van der Waals surface area (Å²) in [6.45, 7) is 5.10. The summed E-state index contributed by atoms with van der Waals surface area (Å²) in [4.78, 5) is 0. The lowest BCUT2D eigenvalue weighted by atomic mass is 9.97. The van der Waals surface area contributed by atoms with Crippen molar-refractivity contribution < 1.29 is 0 Å². The van der Waals surface area contributed by atoms with Crippen molar-refractivity contribution in [1.29, 1.82) is 0 Å². The molecule has 0 bridgehead atoms. The molecular formula is C14H18ClN3. The van der Waals surface area contributed by atoms with Crippen LogP contribution in [0, 0.1) is 6.92 Å². The van der Waals surface area contributed by atoms with Crippen molar-refractivity contribution in [2.75, 3.05) is 6.54 Å². The van der Waals surface area contributed by atoms with Gasteiger partial charge in [0.2, 0.25) is 0 Å². The molecule has 1 atom stereocenters. The Morgan fingerprint density at radius 1 is 1.44 bits per heavy atom. The van der Waals surface area contributed by atoms with Crippen LogP contribution in [0.3, 0.4) is 0 Å². The van der Waals surface area contributed by atoms with Crippen molar-refractivity contribution in [3.8, 4) is 0 Å². The van der Waals surface area contributed by atoms with Crippen molar-refractivity contribution in [1.82, 2.24) is 15.1 Å². The Kier molecular flexibility index (Phi) is 4.04. The zero-order valence-electron chi connectivity index (χ0n) is 10.9. The SMILES string of the molecule is CCNC(c1cnn(C)c1)c1cc(Cl)ccc1C. The van der Waals surface area contributed by atoms with E-state index in [0.29, 0.717) is 0 Å². The fraction of sp³-hybridized carbons (Fsp3) is 0.357. The normalized spacial score (nSPS) is 12.7. The Balaban J connectivity index is 2.44. The third-order valence-electron chi connectivity index (χ3n) is 3.02. The Hall–Kier alpha value is -1.32. The number of aryl methyl sites for hydroxylation is 2. The zero-order valence-corrected chi connectivity index (χ0v) is 11.7. The van der Waals surface area contributed by atoms with Gasteiger partial charge in [-0.1, -0.05) is 24.6 Å². The molecule has 4 heteroatoms. The zero-order chi connectivity index (χ0) is 13.1. The molecule has 2 rings (SSSR count). The second-order valence-corrected chi connectivity index (χ2v) is 4.88. The van der Waals surface area contributed by atoms with E-state index in [4.69, 9.17) is 11.6 Å². The predicted molar refractivity (Wildman–Crippen MR) is 74.9 cm³/mol. The van der Waals surface area contributed by atoms with E-state index in [2.05, 4.69) is 30.3 Å². The molecule has 0 saturated heterocycles. The van der Waals surface area contributed by atoms with E-state index in [1.807, 2.05) is 36.3 Å². The van der Waals surface area contributed by atoms with Gasteiger partial charge in [-0.3, -0.25) is 4.68 Å². The van der Waals surface area contributed by atoms with Gasteiger partial charge in [-0.2, -0.15) is 5.10 Å². The molecule has 1 N–H and O–H groups in total. The molecule has 0 fully saturated rings. The first-order valence-corrected chi connectivity index (χ1v) is 6.47. The molecule has 0 radical (unpaired) electrons. The maximum absolute atomic E-state index is 6.11. The molecule has 0 aliphatic rings. The van der Waals surface area contributed by atoms with Crippen LogP contribution >= 0.6 is 11.6 Å². The average molecular weight is 264 g/mol. The van der Waals surface area contributed by atoms with Crippen molar-refractivity contribution >= 4 is 11.6 Å². The minimum Gasteiger partial charge on any atom is -0.306 e. The summed E-state index contributed by atoms with van der Waals surface area (Å²) < 4.78 is 1.82. The van der Waals surface area contributed by atoms with Gasteiger partial charge in [0, 0.05) is 23.8 Å². The van der Waals surface area contributed by atoms with E-state index in [1.165, 1.54) is 11.1 Å². The molecule has 0 aliphatic heterocycles. The third kappa shape index (κ3) is 2.74. The second kappa shape index (κ2) is 5.55. The summed E-state index contributed by atoms with van der Waals surface area (Å²) in [5.74, 6) is 0. The van der Waals surface area contributed by atoms with E-state index < -0.39 is 0 Å². The molecule has 1 aromatic heterocycles. The van der Waals surface area contributed by atoms with Crippen LogP contribution in [0.15, 0.2) is 30.6 Å². The van der Waals surface area contributed by atoms with E-state index in [1.54, 1.807) is 0 Å². The summed E-state index contributed by atoms with van der Waals surface area (Å²) in [6, 6.07) is 6.14. The first-order valence-electron chi connectivity index (χ1n) is 6.09. The van der Waals surface area contributed by atoms with Gasteiger partial charge in [0.1, 0.15) is 0 Å². The van der Waals surface area contributed by atoms with Gasteiger partial charge in [-0.15, -0.1) is 0 Å². The first-order chi connectivity index (χ1) is 8.61. The quantitative estimate of drug-likeness (QED) is 0.919. The number of nitrogens with one attached hydrogen (secondary N) is 1. The fourth-order valence-electron chi connectivity index (χ4n) is 2.12. The van der Waals surface area contributed by atoms with Gasteiger partial charge in [0.25, 0.3) is 0 Å². The standard InChI is InChI=1S/C14H18ClN3/c1-4-16-14(11-8-17-18(3)9-11)13-7-12(15)6-5-10(13)2/h5-9,14,16H,4H2,1-3H3. The van der Waals surface area contributed by atoms with Crippen molar-refractivity contribution in [3.63, 3.8) is 0 Å². The van der Waals surface area contributed by atoms with E-state index >= 15 is 0 Å². The largest absolute Gasteiger partial charge is 0.306 e. The Morgan fingerprint density at radius 3 is 2.83 bits per heavy atom. The highest BCUT2D eigenvalue weighted by molar-refractivity contribution is 6.30. The maximum Gasteiger partial charge on any atom is 0.0610 e. The number of aromatic nitrogens is 2. The summed E-state index contributed by atoms with van der Waals surface area (Å²) in [7, 11) is 1.93. The molecule has 1 heterocycles. The summed E-state index contributed by atoms with van der Waals surface area (Å²) in [6.07, 6.45) is 3.93. The predicted octanol–water partition coefficient (Wildman–Crippen LogP) is 3.08. The van der Waals surface area contributed by atoms with Crippen molar-refractivity contribution in [3.05, 3.63) is 52.3 Å². The van der Waals surface area contributed by atoms with Crippen LogP contribution in [0.4, 0.5) is 0 Å². The second-order valence-electron chi connectivity index (χ2n) is 4.44. The maximum atomic E-state index is 6.11. The summed E-state index contributed by atoms with van der Waals surface area (Å²) in [5.41, 5.74) is 3.59. The molecular weight excluding hydrogens is 246 g/mol. The van der Waals surface area contributed by atoms with Gasteiger partial charge in [0.05, 0.1) is 12.2 Å². The van der Waals surface area contributed by atoms with Gasteiger partial charge >= 0.3 is 0 Å². The number of hydrogen-bond donors (Lipinski definition) is 1. The monoisotopic (exact) mass is 263 g/mol. The third-order valence-corrected chi connectivity index (χ3v) is 3.25. The van der Waals surface area contributed by atoms with Crippen LogP contribution < -0.4 is 5.32 Å². The van der Waals surface area contributed by atoms with Gasteiger partial charge < -0.3 is 5.32 Å². The van der Waals surface area contributed by atoms with Crippen molar-refractivity contribution in [2.24, 2.45) is 7.05 Å². The number of benzene rings is 1. The molecule has 0 spiro atoms. The minimum absolute atomic E-state index is 0.141. The van der Waals surface area contributed by atoms with Gasteiger partial charge in [-0.25, -0.2) is 0 Å². The topological polar surface area (TPSA) is 29.9 Å². The summed E-state index contributed by atoms with van der Waals surface area (Å²) >= 11 is 6.11. The van der Waals surface area contributed by atoms with Crippen LogP contribution in [0.5, 0.6) is 0 Å². The molecule has 1 unspecified atom stereocenters. The molecule has 0 aliphatic carbocycles. The highest BCUT2D eigenvalue weighted by Crippen LogP contribution is 2.27. The van der Waals surface area contributed by atoms with Crippen molar-refractivity contribution in [2.45, 2.75) is 19.9 Å². The van der Waals surface area contributed by atoms with E-state index in [0.717, 1.165) is 17.1 Å². The molecule has 3 nitrogen and oxygen atoms in total. The lowest BCUT2D eigenvalue weighted by Gasteiger charge is -2.19. The average Bonchev–Trinajstić information content (AvgIpc) is 2.76. The number of halogens is 1. The smallest absolute Gasteiger partial charge is 0.0610 e. The molecule has 1 aromatic carbocycles. The van der Waals surface area contributed by atoms with Gasteiger partial charge in [0.15, 0.2) is 0 Å². The number of rotatable bonds is 4. The lowest BCUT2D eigenvalue weighted by Crippen LogP contribution is -2.22. The Morgan fingerprint density at radius 2 is 2.22 bits per heavy atom. The number of hydrogen-bond acceptors (Lipinski definition) is 2. The molecule has 96 valence electrons. The molecule has 0 amide bonds. The minimum atomic E-state index is 0.141. The highest BCUT2D eigenvalue weighted by atomic mass is 35.5. The van der Waals surface area contributed by atoms with Crippen LogP contribution in [0.1, 0.15) is 29.7 Å². The van der Waals surface area contributed by atoms with Crippen LogP contribution in [-0.4, -0.2) is 16.3 Å². The lowest BCUT2D eigenvalue weighted by molar-refractivity contribution is 0.627. The molecule has 0 saturated carbocycles. The van der Waals surface area contributed by atoms with Crippen LogP contribution in [0.25, 0.3) is 0 Å². The fourth-order valence-corrected chi connectivity index (χ4v) is 2.30. The van der Waals surface area contributed by atoms with Gasteiger partial charge in [-0.05, 0) is 36.7 Å².